The number of amides is 1. The van der Waals surface area contributed by atoms with Crippen LogP contribution in [-0.2, 0) is 12.0 Å². The van der Waals surface area contributed by atoms with Gasteiger partial charge in [0.25, 0.3) is 5.91 Å². The van der Waals surface area contributed by atoms with Gasteiger partial charge in [-0.3, -0.25) is 9.69 Å². The molecule has 9 heteroatoms. The van der Waals surface area contributed by atoms with E-state index in [4.69, 9.17) is 21.3 Å². The molecular weight excluding hydrogens is 491 g/mol. The predicted molar refractivity (Wildman–Crippen MR) is 142 cm³/mol. The molecule has 0 saturated heterocycles. The van der Waals surface area contributed by atoms with Crippen LogP contribution in [-0.4, -0.2) is 34.1 Å². The minimum absolute atomic E-state index is 0. The number of carbonyl (C=O) groups excluding carboxylic acids is 1. The lowest BCUT2D eigenvalue weighted by Crippen LogP contribution is -2.32. The fourth-order valence-electron chi connectivity index (χ4n) is 3.60. The summed E-state index contributed by atoms with van der Waals surface area (Å²) < 4.78 is 8.27. The Hall–Kier alpha value is -2.61. The lowest BCUT2D eigenvalue weighted by Gasteiger charge is -2.22. The maximum atomic E-state index is 13.6. The molecule has 0 spiro atoms. The number of benzene rings is 2. The first-order valence-electron chi connectivity index (χ1n) is 10.8. The normalized spacial score (nSPS) is 11.3. The van der Waals surface area contributed by atoms with Gasteiger partial charge in [-0.05, 0) is 41.7 Å². The fraction of sp³-hybridized carbons (Fsp3) is 0.320. The van der Waals surface area contributed by atoms with E-state index in [1.54, 1.807) is 36.7 Å². The van der Waals surface area contributed by atoms with Crippen molar-refractivity contribution < 1.29 is 9.53 Å². The van der Waals surface area contributed by atoms with Crippen molar-refractivity contribution in [2.75, 3.05) is 18.6 Å². The van der Waals surface area contributed by atoms with Gasteiger partial charge in [0, 0.05) is 31.0 Å². The van der Waals surface area contributed by atoms with Crippen molar-refractivity contribution in [1.29, 1.82) is 0 Å². The van der Waals surface area contributed by atoms with E-state index >= 15 is 0 Å². The fourth-order valence-corrected chi connectivity index (χ4v) is 4.89. The first-order valence-corrected chi connectivity index (χ1v) is 12.0. The summed E-state index contributed by atoms with van der Waals surface area (Å²) in [6, 6.07) is 11.4. The number of nitrogens with zero attached hydrogens (tertiary/aromatic N) is 4. The molecule has 1 amide bonds. The molecule has 0 N–H and O–H groups in total. The number of thiazole rings is 1. The Morgan fingerprint density at radius 2 is 1.91 bits per heavy atom. The van der Waals surface area contributed by atoms with Crippen molar-refractivity contribution in [2.24, 2.45) is 0 Å². The third kappa shape index (κ3) is 5.54. The molecule has 0 saturated carbocycles. The number of rotatable bonds is 7. The minimum atomic E-state index is -0.0877. The molecule has 0 radical (unpaired) electrons. The number of anilines is 1. The van der Waals surface area contributed by atoms with Crippen LogP contribution in [0.25, 0.3) is 10.2 Å². The highest BCUT2D eigenvalue weighted by atomic mass is 35.5. The second-order valence-electron chi connectivity index (χ2n) is 8.86. The quantitative estimate of drug-likeness (QED) is 0.276. The highest BCUT2D eigenvalue weighted by Crippen LogP contribution is 2.39. The van der Waals surface area contributed by atoms with Crippen LogP contribution in [0.4, 0.5) is 5.13 Å². The molecule has 2 aromatic carbocycles. The number of hydrogen-bond acceptors (Lipinski definition) is 5. The number of methoxy groups -OCH3 is 1. The molecule has 6 nitrogen and oxygen atoms in total. The van der Waals surface area contributed by atoms with Gasteiger partial charge in [0.15, 0.2) is 5.13 Å². The Morgan fingerprint density at radius 1 is 1.18 bits per heavy atom. The summed E-state index contributed by atoms with van der Waals surface area (Å²) in [6.07, 6.45) is 6.20. The Balaban J connectivity index is 0.00000324. The highest BCUT2D eigenvalue weighted by molar-refractivity contribution is 7.23. The second kappa shape index (κ2) is 10.8. The van der Waals surface area contributed by atoms with E-state index in [9.17, 15) is 4.79 Å². The second-order valence-corrected chi connectivity index (χ2v) is 10.2. The van der Waals surface area contributed by atoms with Gasteiger partial charge < -0.3 is 9.30 Å². The van der Waals surface area contributed by atoms with Gasteiger partial charge in [0.1, 0.15) is 11.3 Å². The van der Waals surface area contributed by atoms with E-state index in [0.29, 0.717) is 33.5 Å². The molecule has 0 atom stereocenters. The summed E-state index contributed by atoms with van der Waals surface area (Å²) in [7, 11) is 1.60. The van der Waals surface area contributed by atoms with E-state index < -0.39 is 0 Å². The Morgan fingerprint density at radius 3 is 2.53 bits per heavy atom. The summed E-state index contributed by atoms with van der Waals surface area (Å²) in [6.45, 7) is 7.74. The van der Waals surface area contributed by atoms with Crippen LogP contribution in [0.1, 0.15) is 43.1 Å². The van der Waals surface area contributed by atoms with E-state index in [1.807, 2.05) is 35.0 Å². The molecule has 0 aliphatic carbocycles. The summed E-state index contributed by atoms with van der Waals surface area (Å²) in [4.78, 5) is 24.2. The van der Waals surface area contributed by atoms with Crippen molar-refractivity contribution in [3.63, 3.8) is 0 Å². The van der Waals surface area contributed by atoms with E-state index in [2.05, 4.69) is 25.8 Å². The van der Waals surface area contributed by atoms with Gasteiger partial charge >= 0.3 is 0 Å². The molecule has 4 rings (SSSR count). The van der Waals surface area contributed by atoms with E-state index in [1.165, 1.54) is 16.9 Å². The molecule has 0 aliphatic heterocycles. The van der Waals surface area contributed by atoms with Gasteiger partial charge in [-0.25, -0.2) is 9.97 Å². The highest BCUT2D eigenvalue weighted by Gasteiger charge is 2.24. The van der Waals surface area contributed by atoms with Crippen molar-refractivity contribution in [2.45, 2.75) is 39.2 Å². The number of imidazole rings is 1. The van der Waals surface area contributed by atoms with Crippen LogP contribution in [0.2, 0.25) is 5.02 Å². The Kier molecular flexibility index (Phi) is 8.23. The maximum absolute atomic E-state index is 13.6. The maximum Gasteiger partial charge on any atom is 0.260 e. The monoisotopic (exact) mass is 518 g/mol. The lowest BCUT2D eigenvalue weighted by atomic mass is 9.86. The van der Waals surface area contributed by atoms with Crippen LogP contribution >= 0.6 is 35.3 Å². The summed E-state index contributed by atoms with van der Waals surface area (Å²) in [5, 5.41) is 1.20. The van der Waals surface area contributed by atoms with Gasteiger partial charge in [0.2, 0.25) is 0 Å². The molecule has 0 bridgehead atoms. The third-order valence-corrected chi connectivity index (χ3v) is 7.04. The number of hydrogen-bond donors (Lipinski definition) is 0. The molecule has 34 heavy (non-hydrogen) atoms. The van der Waals surface area contributed by atoms with Crippen molar-refractivity contribution in [3.05, 3.63) is 71.3 Å². The number of fused-ring (bicyclic) bond motifs is 1. The van der Waals surface area contributed by atoms with Crippen LogP contribution < -0.4 is 9.64 Å². The topological polar surface area (TPSA) is 60.2 Å². The van der Waals surface area contributed by atoms with Crippen molar-refractivity contribution >= 4 is 56.6 Å². The SMILES string of the molecule is COc1ccc(Cl)c2sc(N(CCCn3ccnc3)C(=O)c3ccc(C(C)(C)C)cc3)nc12.Cl. The number of aryl methyl sites for hydroxylation is 1. The van der Waals surface area contributed by atoms with E-state index in [0.717, 1.165) is 17.7 Å². The van der Waals surface area contributed by atoms with Gasteiger partial charge in [-0.15, -0.1) is 12.4 Å². The minimum Gasteiger partial charge on any atom is -0.494 e. The first-order chi connectivity index (χ1) is 15.8. The summed E-state index contributed by atoms with van der Waals surface area (Å²) in [5.74, 6) is 0.549. The van der Waals surface area contributed by atoms with Gasteiger partial charge in [-0.1, -0.05) is 55.8 Å². The average molecular weight is 519 g/mol. The van der Waals surface area contributed by atoms with Crippen LogP contribution in [0.5, 0.6) is 5.75 Å². The largest absolute Gasteiger partial charge is 0.494 e. The molecule has 0 fully saturated rings. The molecular formula is C25H28Cl2N4O2S. The van der Waals surface area contributed by atoms with Gasteiger partial charge in [0.05, 0.1) is 23.2 Å². The zero-order valence-electron chi connectivity index (χ0n) is 19.6. The third-order valence-electron chi connectivity index (χ3n) is 5.50. The van der Waals surface area contributed by atoms with Crippen LogP contribution in [0.3, 0.4) is 0 Å². The number of aromatic nitrogens is 3. The van der Waals surface area contributed by atoms with Crippen LogP contribution in [0, 0.1) is 0 Å². The smallest absolute Gasteiger partial charge is 0.260 e. The van der Waals surface area contributed by atoms with E-state index in [-0.39, 0.29) is 23.7 Å². The number of carbonyl (C=O) groups is 1. The molecule has 2 heterocycles. The zero-order valence-corrected chi connectivity index (χ0v) is 22.0. The lowest BCUT2D eigenvalue weighted by molar-refractivity contribution is 0.0986. The van der Waals surface area contributed by atoms with Crippen LogP contribution in [0.15, 0.2) is 55.1 Å². The molecule has 2 aromatic heterocycles. The molecule has 180 valence electrons. The Labute approximate surface area is 215 Å². The van der Waals surface area contributed by atoms with Crippen molar-refractivity contribution in [1.82, 2.24) is 14.5 Å². The number of halogens is 2. The van der Waals surface area contributed by atoms with Gasteiger partial charge in [-0.2, -0.15) is 0 Å². The molecule has 0 unspecified atom stereocenters. The van der Waals surface area contributed by atoms with Crippen molar-refractivity contribution in [3.8, 4) is 5.75 Å². The zero-order chi connectivity index (χ0) is 23.6. The first kappa shape index (κ1) is 26.0. The Bertz CT molecular complexity index is 1250. The number of ether oxygens (including phenoxy) is 1. The summed E-state index contributed by atoms with van der Waals surface area (Å²) >= 11 is 7.84. The predicted octanol–water partition coefficient (Wildman–Crippen LogP) is 6.61. The molecule has 4 aromatic rings. The summed E-state index contributed by atoms with van der Waals surface area (Å²) in [5.41, 5.74) is 2.50. The average Bonchev–Trinajstić information content (AvgIpc) is 3.47. The molecule has 0 aliphatic rings. The standard InChI is InChI=1S/C25H27ClN4O2S.ClH/c1-25(2,3)18-8-6-17(7-9-18)23(31)30(14-5-13-29-15-12-27-16-29)24-28-21-20(32-4)11-10-19(26)22(21)33-24;/h6-12,15-16H,5,13-14H2,1-4H3;1H.